The molecule has 0 spiro atoms. The first kappa shape index (κ1) is 15.7. The molecule has 1 aliphatic rings. The van der Waals surface area contributed by atoms with Crippen LogP contribution in [0.5, 0.6) is 0 Å². The summed E-state index contributed by atoms with van der Waals surface area (Å²) in [6, 6.07) is 6.31. The SMILES string of the molecule is Cc1cccc(C(C)C)c1Nc1nncc(N2CCOCC2)n1. The van der Waals surface area contributed by atoms with E-state index in [1.54, 1.807) is 6.20 Å². The molecule has 6 nitrogen and oxygen atoms in total. The van der Waals surface area contributed by atoms with Crippen LogP contribution in [0, 0.1) is 6.92 Å². The minimum Gasteiger partial charge on any atom is -0.378 e. The molecule has 1 saturated heterocycles. The molecule has 0 bridgehead atoms. The molecule has 2 heterocycles. The van der Waals surface area contributed by atoms with Gasteiger partial charge in [-0.2, -0.15) is 10.1 Å². The molecule has 0 saturated carbocycles. The normalized spacial score (nSPS) is 15.0. The number of aryl methyl sites for hydroxylation is 1. The number of rotatable bonds is 4. The van der Waals surface area contributed by atoms with Gasteiger partial charge in [0.15, 0.2) is 5.82 Å². The van der Waals surface area contributed by atoms with E-state index in [1.165, 1.54) is 11.1 Å². The maximum Gasteiger partial charge on any atom is 0.249 e. The fraction of sp³-hybridized carbons (Fsp3) is 0.471. The lowest BCUT2D eigenvalue weighted by Crippen LogP contribution is -2.37. The summed E-state index contributed by atoms with van der Waals surface area (Å²) in [5.41, 5.74) is 3.50. The first-order chi connectivity index (χ1) is 11.1. The van der Waals surface area contributed by atoms with Crippen LogP contribution in [0.15, 0.2) is 24.4 Å². The van der Waals surface area contributed by atoms with Crippen molar-refractivity contribution in [2.75, 3.05) is 36.5 Å². The molecule has 1 N–H and O–H groups in total. The van der Waals surface area contributed by atoms with Gasteiger partial charge < -0.3 is 15.0 Å². The van der Waals surface area contributed by atoms with Crippen LogP contribution >= 0.6 is 0 Å². The summed E-state index contributed by atoms with van der Waals surface area (Å²) >= 11 is 0. The highest BCUT2D eigenvalue weighted by Crippen LogP contribution is 2.29. The Morgan fingerprint density at radius 3 is 2.74 bits per heavy atom. The maximum absolute atomic E-state index is 5.38. The Labute approximate surface area is 136 Å². The van der Waals surface area contributed by atoms with Gasteiger partial charge in [0.05, 0.1) is 19.4 Å². The van der Waals surface area contributed by atoms with Gasteiger partial charge in [0.2, 0.25) is 5.95 Å². The molecule has 1 aliphatic heterocycles. The Bertz CT molecular complexity index is 668. The van der Waals surface area contributed by atoms with Crippen molar-refractivity contribution in [1.29, 1.82) is 0 Å². The number of morpholine rings is 1. The summed E-state index contributed by atoms with van der Waals surface area (Å²) < 4.78 is 5.38. The largest absolute Gasteiger partial charge is 0.378 e. The summed E-state index contributed by atoms with van der Waals surface area (Å²) in [7, 11) is 0. The van der Waals surface area contributed by atoms with Gasteiger partial charge in [-0.3, -0.25) is 0 Å². The molecule has 1 aromatic carbocycles. The van der Waals surface area contributed by atoms with Gasteiger partial charge >= 0.3 is 0 Å². The third kappa shape index (κ3) is 3.59. The first-order valence-corrected chi connectivity index (χ1v) is 8.04. The average Bonchev–Trinajstić information content (AvgIpc) is 2.57. The smallest absolute Gasteiger partial charge is 0.249 e. The zero-order valence-corrected chi connectivity index (χ0v) is 13.9. The van der Waals surface area contributed by atoms with Crippen LogP contribution in [0.25, 0.3) is 0 Å². The van der Waals surface area contributed by atoms with E-state index in [2.05, 4.69) is 64.4 Å². The number of anilines is 3. The molecule has 122 valence electrons. The second-order valence-electron chi connectivity index (χ2n) is 6.06. The Balaban J connectivity index is 1.86. The number of nitrogens with one attached hydrogen (secondary N) is 1. The summed E-state index contributed by atoms with van der Waals surface area (Å²) in [4.78, 5) is 6.79. The van der Waals surface area contributed by atoms with Gasteiger partial charge in [0, 0.05) is 18.8 Å². The predicted octanol–water partition coefficient (Wildman–Crippen LogP) is 2.88. The van der Waals surface area contributed by atoms with E-state index in [0.717, 1.165) is 37.8 Å². The van der Waals surface area contributed by atoms with Crippen LogP contribution in [-0.4, -0.2) is 41.5 Å². The molecular formula is C17H23N5O. The molecule has 1 aromatic heterocycles. The predicted molar refractivity (Wildman–Crippen MR) is 91.4 cm³/mol. The zero-order valence-electron chi connectivity index (χ0n) is 13.9. The van der Waals surface area contributed by atoms with Gasteiger partial charge in [0.25, 0.3) is 0 Å². The number of hydrogen-bond acceptors (Lipinski definition) is 6. The monoisotopic (exact) mass is 313 g/mol. The molecule has 0 radical (unpaired) electrons. The van der Waals surface area contributed by atoms with Gasteiger partial charge in [-0.1, -0.05) is 32.0 Å². The van der Waals surface area contributed by atoms with E-state index in [0.29, 0.717) is 11.9 Å². The number of ether oxygens (including phenoxy) is 1. The van der Waals surface area contributed by atoms with E-state index in [9.17, 15) is 0 Å². The summed E-state index contributed by atoms with van der Waals surface area (Å²) in [5.74, 6) is 1.79. The highest BCUT2D eigenvalue weighted by Gasteiger charge is 2.15. The molecule has 0 atom stereocenters. The fourth-order valence-corrected chi connectivity index (χ4v) is 2.75. The second-order valence-corrected chi connectivity index (χ2v) is 6.06. The van der Waals surface area contributed by atoms with Crippen LogP contribution < -0.4 is 10.2 Å². The van der Waals surface area contributed by atoms with Gasteiger partial charge in [-0.25, -0.2) is 0 Å². The molecule has 0 unspecified atom stereocenters. The minimum atomic E-state index is 0.424. The quantitative estimate of drug-likeness (QED) is 0.936. The Morgan fingerprint density at radius 1 is 1.22 bits per heavy atom. The summed E-state index contributed by atoms with van der Waals surface area (Å²) in [6.45, 7) is 9.57. The van der Waals surface area contributed by atoms with E-state index >= 15 is 0 Å². The number of hydrogen-bond donors (Lipinski definition) is 1. The lowest BCUT2D eigenvalue weighted by Gasteiger charge is -2.27. The van der Waals surface area contributed by atoms with Crippen molar-refractivity contribution in [3.8, 4) is 0 Å². The second kappa shape index (κ2) is 6.91. The molecule has 0 aliphatic carbocycles. The fourth-order valence-electron chi connectivity index (χ4n) is 2.75. The molecule has 1 fully saturated rings. The first-order valence-electron chi connectivity index (χ1n) is 8.04. The van der Waals surface area contributed by atoms with Crippen molar-refractivity contribution in [1.82, 2.24) is 15.2 Å². The summed E-state index contributed by atoms with van der Waals surface area (Å²) in [6.07, 6.45) is 1.71. The van der Waals surface area contributed by atoms with Crippen LogP contribution in [0.2, 0.25) is 0 Å². The Hall–Kier alpha value is -2.21. The molecular weight excluding hydrogens is 290 g/mol. The third-order valence-corrected chi connectivity index (χ3v) is 4.05. The van der Waals surface area contributed by atoms with Crippen LogP contribution in [0.3, 0.4) is 0 Å². The van der Waals surface area contributed by atoms with Crippen LogP contribution in [0.1, 0.15) is 30.9 Å². The number of para-hydroxylation sites is 1. The number of benzene rings is 1. The van der Waals surface area contributed by atoms with Gasteiger partial charge in [-0.05, 0) is 24.0 Å². The zero-order chi connectivity index (χ0) is 16.2. The topological polar surface area (TPSA) is 63.2 Å². The average molecular weight is 313 g/mol. The number of aromatic nitrogens is 3. The van der Waals surface area contributed by atoms with E-state index < -0.39 is 0 Å². The van der Waals surface area contributed by atoms with Gasteiger partial charge in [0.1, 0.15) is 0 Å². The lowest BCUT2D eigenvalue weighted by molar-refractivity contribution is 0.122. The molecule has 6 heteroatoms. The molecule has 2 aromatic rings. The lowest BCUT2D eigenvalue weighted by atomic mass is 9.98. The maximum atomic E-state index is 5.38. The van der Waals surface area contributed by atoms with Crippen molar-refractivity contribution in [3.05, 3.63) is 35.5 Å². The van der Waals surface area contributed by atoms with Crippen LogP contribution in [-0.2, 0) is 4.74 Å². The molecule has 3 rings (SSSR count). The minimum absolute atomic E-state index is 0.424. The Kier molecular flexibility index (Phi) is 4.71. The van der Waals surface area contributed by atoms with Crippen molar-refractivity contribution in [3.63, 3.8) is 0 Å². The third-order valence-electron chi connectivity index (χ3n) is 4.05. The van der Waals surface area contributed by atoms with Crippen molar-refractivity contribution in [2.24, 2.45) is 0 Å². The van der Waals surface area contributed by atoms with E-state index in [1.807, 2.05) is 0 Å². The highest BCUT2D eigenvalue weighted by atomic mass is 16.5. The van der Waals surface area contributed by atoms with E-state index in [4.69, 9.17) is 4.74 Å². The number of nitrogens with zero attached hydrogens (tertiary/aromatic N) is 4. The highest BCUT2D eigenvalue weighted by molar-refractivity contribution is 5.64. The standard InChI is InChI=1S/C17H23N5O/c1-12(2)14-6-4-5-13(3)16(14)20-17-19-15(11-18-21-17)22-7-9-23-10-8-22/h4-6,11-12H,7-10H2,1-3H3,(H,19,20,21). The van der Waals surface area contributed by atoms with Crippen LogP contribution in [0.4, 0.5) is 17.5 Å². The Morgan fingerprint density at radius 2 is 2.00 bits per heavy atom. The molecule has 0 amide bonds. The van der Waals surface area contributed by atoms with E-state index in [-0.39, 0.29) is 0 Å². The van der Waals surface area contributed by atoms with Gasteiger partial charge in [-0.15, -0.1) is 5.10 Å². The van der Waals surface area contributed by atoms with Crippen molar-refractivity contribution < 1.29 is 4.74 Å². The summed E-state index contributed by atoms with van der Waals surface area (Å²) in [5, 5.41) is 11.6. The van der Waals surface area contributed by atoms with Crippen molar-refractivity contribution >= 4 is 17.5 Å². The van der Waals surface area contributed by atoms with Crippen molar-refractivity contribution in [2.45, 2.75) is 26.7 Å². The molecule has 23 heavy (non-hydrogen) atoms.